The van der Waals surface area contributed by atoms with Gasteiger partial charge in [0.25, 0.3) is 0 Å². The third-order valence-electron chi connectivity index (χ3n) is 2.38. The first-order chi connectivity index (χ1) is 7.54. The summed E-state index contributed by atoms with van der Waals surface area (Å²) in [5.74, 6) is -1.66. The molecule has 0 radical (unpaired) electrons. The molecule has 2 N–H and O–H groups in total. The second-order valence-electron chi connectivity index (χ2n) is 4.21. The van der Waals surface area contributed by atoms with Gasteiger partial charge in [0.15, 0.2) is 5.79 Å². The molecule has 0 unspecified atom stereocenters. The molecule has 16 heavy (non-hydrogen) atoms. The van der Waals surface area contributed by atoms with Crippen molar-refractivity contribution in [3.8, 4) is 0 Å². The van der Waals surface area contributed by atoms with Crippen LogP contribution in [0.15, 0.2) is 42.7 Å². The lowest BCUT2D eigenvalue weighted by Gasteiger charge is -2.26. The zero-order valence-electron chi connectivity index (χ0n) is 9.24. The van der Waals surface area contributed by atoms with Crippen LogP contribution in [-0.4, -0.2) is 34.1 Å². The highest BCUT2D eigenvalue weighted by molar-refractivity contribution is 5.49. The Morgan fingerprint density at radius 1 is 1.19 bits per heavy atom. The van der Waals surface area contributed by atoms with E-state index in [4.69, 9.17) is 0 Å². The van der Waals surface area contributed by atoms with E-state index in [0.717, 1.165) is 5.69 Å². The van der Waals surface area contributed by atoms with Crippen molar-refractivity contribution in [2.45, 2.75) is 12.7 Å². The van der Waals surface area contributed by atoms with E-state index in [9.17, 15) is 10.2 Å². The summed E-state index contributed by atoms with van der Waals surface area (Å²) < 4.78 is 0. The van der Waals surface area contributed by atoms with Gasteiger partial charge in [0.1, 0.15) is 0 Å². The third kappa shape index (κ3) is 2.74. The van der Waals surface area contributed by atoms with Gasteiger partial charge in [-0.1, -0.05) is 18.2 Å². The van der Waals surface area contributed by atoms with Gasteiger partial charge >= 0.3 is 0 Å². The number of anilines is 1. The number of rotatable bonds is 3. The van der Waals surface area contributed by atoms with E-state index in [1.165, 1.54) is 6.92 Å². The molecule has 0 aliphatic carbocycles. The summed E-state index contributed by atoms with van der Waals surface area (Å²) in [5, 5.41) is 18.6. The number of β-amino-alcohol motifs (C(OH)–C–C–N with tert-alkyl or cyclic N) is 2. The monoisotopic (exact) mass is 220 g/mol. The fourth-order valence-electron chi connectivity index (χ4n) is 1.74. The second kappa shape index (κ2) is 4.15. The molecule has 0 amide bonds. The van der Waals surface area contributed by atoms with Crippen molar-refractivity contribution in [3.63, 3.8) is 0 Å². The number of para-hydroxylation sites is 1. The molecule has 0 saturated carbocycles. The van der Waals surface area contributed by atoms with E-state index in [-0.39, 0.29) is 6.54 Å². The van der Waals surface area contributed by atoms with E-state index >= 15 is 0 Å². The molecule has 1 aliphatic heterocycles. The van der Waals surface area contributed by atoms with Gasteiger partial charge in [0.05, 0.1) is 13.2 Å². The lowest BCUT2D eigenvalue weighted by Crippen LogP contribution is -2.39. The zero-order valence-corrected chi connectivity index (χ0v) is 9.24. The highest BCUT2D eigenvalue weighted by Crippen LogP contribution is 2.19. The van der Waals surface area contributed by atoms with Crippen LogP contribution in [0.25, 0.3) is 0 Å². The Morgan fingerprint density at radius 2 is 1.88 bits per heavy atom. The summed E-state index contributed by atoms with van der Waals surface area (Å²) in [7, 11) is 0. The number of hydrogen-bond donors (Lipinski definition) is 2. The van der Waals surface area contributed by atoms with E-state index < -0.39 is 5.79 Å². The van der Waals surface area contributed by atoms with E-state index in [1.807, 2.05) is 52.5 Å². The average Bonchev–Trinajstić information content (AvgIpc) is 2.65. The molecule has 2 rings (SSSR count). The maximum Gasteiger partial charge on any atom is 0.177 e. The zero-order chi connectivity index (χ0) is 11.6. The van der Waals surface area contributed by atoms with Gasteiger partial charge in [0.2, 0.25) is 0 Å². The minimum atomic E-state index is -1.66. The molecule has 1 aromatic rings. The quantitative estimate of drug-likeness (QED) is 0.744. The SMILES string of the molecule is CC(O)(O)CN1C=CN(c2ccccc2)C1. The second-order valence-corrected chi connectivity index (χ2v) is 4.21. The minimum absolute atomic E-state index is 0.201. The van der Waals surface area contributed by atoms with Gasteiger partial charge in [-0.3, -0.25) is 0 Å². The molecule has 0 atom stereocenters. The number of aliphatic hydroxyl groups is 2. The molecule has 1 aliphatic rings. The van der Waals surface area contributed by atoms with Crippen LogP contribution in [0.5, 0.6) is 0 Å². The van der Waals surface area contributed by atoms with E-state index in [2.05, 4.69) is 0 Å². The highest BCUT2D eigenvalue weighted by Gasteiger charge is 2.22. The van der Waals surface area contributed by atoms with Crippen LogP contribution in [0.3, 0.4) is 0 Å². The Morgan fingerprint density at radius 3 is 2.50 bits per heavy atom. The van der Waals surface area contributed by atoms with Crippen molar-refractivity contribution >= 4 is 5.69 Å². The largest absolute Gasteiger partial charge is 0.364 e. The van der Waals surface area contributed by atoms with Crippen molar-refractivity contribution in [2.24, 2.45) is 0 Å². The summed E-state index contributed by atoms with van der Waals surface area (Å²) in [5.41, 5.74) is 1.10. The van der Waals surface area contributed by atoms with Gasteiger partial charge in [-0.2, -0.15) is 0 Å². The molecule has 1 heterocycles. The standard InChI is InChI=1S/C12H16N2O2/c1-12(15,16)9-13-7-8-14(10-13)11-5-3-2-4-6-11/h2-8,15-16H,9-10H2,1H3. The first-order valence-corrected chi connectivity index (χ1v) is 5.23. The molecule has 1 aromatic carbocycles. The normalized spacial score (nSPS) is 15.9. The van der Waals surface area contributed by atoms with E-state index in [0.29, 0.717) is 6.67 Å². The topological polar surface area (TPSA) is 46.9 Å². The van der Waals surface area contributed by atoms with Crippen molar-refractivity contribution in [1.82, 2.24) is 4.90 Å². The molecule has 4 heteroatoms. The number of benzene rings is 1. The lowest BCUT2D eigenvalue weighted by atomic mass is 10.3. The Kier molecular flexibility index (Phi) is 2.85. The smallest absolute Gasteiger partial charge is 0.177 e. The molecule has 4 nitrogen and oxygen atoms in total. The molecular formula is C12H16N2O2. The number of hydrogen-bond acceptors (Lipinski definition) is 4. The molecule has 0 bridgehead atoms. The van der Waals surface area contributed by atoms with Crippen molar-refractivity contribution < 1.29 is 10.2 Å². The molecule has 0 fully saturated rings. The summed E-state index contributed by atoms with van der Waals surface area (Å²) in [4.78, 5) is 3.90. The molecule has 86 valence electrons. The van der Waals surface area contributed by atoms with Gasteiger partial charge in [0, 0.05) is 18.1 Å². The first kappa shape index (κ1) is 11.0. The van der Waals surface area contributed by atoms with Crippen LogP contribution in [-0.2, 0) is 0 Å². The van der Waals surface area contributed by atoms with Crippen molar-refractivity contribution in [3.05, 3.63) is 42.7 Å². The fourth-order valence-corrected chi connectivity index (χ4v) is 1.74. The maximum absolute atomic E-state index is 9.30. The molecule has 0 spiro atoms. The maximum atomic E-state index is 9.30. The highest BCUT2D eigenvalue weighted by atomic mass is 16.5. The Labute approximate surface area is 95.0 Å². The summed E-state index contributed by atoms with van der Waals surface area (Å²) >= 11 is 0. The van der Waals surface area contributed by atoms with Crippen molar-refractivity contribution in [2.75, 3.05) is 18.1 Å². The van der Waals surface area contributed by atoms with Gasteiger partial charge in [-0.15, -0.1) is 0 Å². The van der Waals surface area contributed by atoms with Crippen LogP contribution in [0.2, 0.25) is 0 Å². The molecule has 0 saturated heterocycles. The van der Waals surface area contributed by atoms with E-state index in [1.54, 1.807) is 0 Å². The van der Waals surface area contributed by atoms with Crippen LogP contribution < -0.4 is 4.90 Å². The average molecular weight is 220 g/mol. The van der Waals surface area contributed by atoms with Crippen LogP contribution >= 0.6 is 0 Å². The third-order valence-corrected chi connectivity index (χ3v) is 2.38. The minimum Gasteiger partial charge on any atom is -0.364 e. The Bertz CT molecular complexity index is 370. The Balaban J connectivity index is 1.98. The lowest BCUT2D eigenvalue weighted by molar-refractivity contribution is -0.153. The van der Waals surface area contributed by atoms with Crippen LogP contribution in [0, 0.1) is 0 Å². The van der Waals surface area contributed by atoms with Gasteiger partial charge in [-0.25, -0.2) is 0 Å². The summed E-state index contributed by atoms with van der Waals surface area (Å²) in [6, 6.07) is 9.97. The predicted octanol–water partition coefficient (Wildman–Crippen LogP) is 0.938. The molecule has 0 aromatic heterocycles. The summed E-state index contributed by atoms with van der Waals surface area (Å²) in [6.45, 7) is 2.22. The first-order valence-electron chi connectivity index (χ1n) is 5.23. The summed E-state index contributed by atoms with van der Waals surface area (Å²) in [6.07, 6.45) is 3.79. The Hall–Kier alpha value is -1.52. The predicted molar refractivity (Wildman–Crippen MR) is 62.5 cm³/mol. The fraction of sp³-hybridized carbons (Fsp3) is 0.333. The van der Waals surface area contributed by atoms with Gasteiger partial charge in [-0.05, 0) is 19.1 Å². The van der Waals surface area contributed by atoms with Crippen LogP contribution in [0.4, 0.5) is 5.69 Å². The van der Waals surface area contributed by atoms with Gasteiger partial charge < -0.3 is 20.0 Å². The van der Waals surface area contributed by atoms with Crippen LogP contribution in [0.1, 0.15) is 6.92 Å². The number of nitrogens with zero attached hydrogens (tertiary/aromatic N) is 2. The molecular weight excluding hydrogens is 204 g/mol. The van der Waals surface area contributed by atoms with Crippen molar-refractivity contribution in [1.29, 1.82) is 0 Å².